The van der Waals surface area contributed by atoms with Crippen LogP contribution in [0.2, 0.25) is 0 Å². The first-order valence-corrected chi connectivity index (χ1v) is 10.3. The second kappa shape index (κ2) is 6.80. The number of methoxy groups -OCH3 is 1. The fraction of sp³-hybridized carbons (Fsp3) is 0.500. The number of aromatic nitrogens is 1. The number of hydrogen-bond donors (Lipinski definition) is 1. The molecule has 0 spiro atoms. The first-order valence-electron chi connectivity index (χ1n) is 8.44. The van der Waals surface area contributed by atoms with Gasteiger partial charge in [-0.15, -0.1) is 0 Å². The van der Waals surface area contributed by atoms with Crippen molar-refractivity contribution in [1.29, 1.82) is 0 Å². The fourth-order valence-corrected chi connectivity index (χ4v) is 4.34. The SMILES string of the molecule is COc1cccc2ccc(N3CC(NS(C)(=O)=O)C(C(C)C)C3)nc12. The molecule has 0 aliphatic carbocycles. The molecular formula is C18H25N3O3S. The lowest BCUT2D eigenvalue weighted by atomic mass is 9.92. The maximum atomic E-state index is 11.7. The molecule has 2 aromatic rings. The molecule has 0 saturated carbocycles. The van der Waals surface area contributed by atoms with E-state index in [0.29, 0.717) is 12.5 Å². The minimum atomic E-state index is -3.24. The number of nitrogens with zero attached hydrogens (tertiary/aromatic N) is 2. The third-order valence-corrected chi connectivity index (χ3v) is 5.53. The van der Waals surface area contributed by atoms with Gasteiger partial charge in [0.05, 0.1) is 13.4 Å². The summed E-state index contributed by atoms with van der Waals surface area (Å²) in [6, 6.07) is 9.76. The van der Waals surface area contributed by atoms with Gasteiger partial charge in [-0.3, -0.25) is 0 Å². The van der Waals surface area contributed by atoms with E-state index in [1.54, 1.807) is 7.11 Å². The molecule has 136 valence electrons. The molecule has 2 unspecified atom stereocenters. The van der Waals surface area contributed by atoms with E-state index in [1.165, 1.54) is 6.26 Å². The van der Waals surface area contributed by atoms with Crippen LogP contribution in [0.1, 0.15) is 13.8 Å². The molecule has 6 nitrogen and oxygen atoms in total. The zero-order valence-electron chi connectivity index (χ0n) is 15.1. The topological polar surface area (TPSA) is 71.5 Å². The molecular weight excluding hydrogens is 338 g/mol. The van der Waals surface area contributed by atoms with Crippen molar-refractivity contribution < 1.29 is 13.2 Å². The number of sulfonamides is 1. The zero-order valence-corrected chi connectivity index (χ0v) is 15.9. The van der Waals surface area contributed by atoms with Crippen molar-refractivity contribution in [2.45, 2.75) is 19.9 Å². The maximum absolute atomic E-state index is 11.7. The highest BCUT2D eigenvalue weighted by molar-refractivity contribution is 7.88. The van der Waals surface area contributed by atoms with Crippen LogP contribution in [-0.4, -0.2) is 45.9 Å². The van der Waals surface area contributed by atoms with Crippen LogP contribution in [0.15, 0.2) is 30.3 Å². The molecule has 1 aromatic carbocycles. The molecule has 1 aliphatic rings. The first kappa shape index (κ1) is 17.9. The van der Waals surface area contributed by atoms with E-state index >= 15 is 0 Å². The molecule has 1 aromatic heterocycles. The van der Waals surface area contributed by atoms with Crippen molar-refractivity contribution in [2.75, 3.05) is 31.4 Å². The minimum Gasteiger partial charge on any atom is -0.494 e. The lowest BCUT2D eigenvalue weighted by Crippen LogP contribution is -2.41. The van der Waals surface area contributed by atoms with Gasteiger partial charge in [0.25, 0.3) is 0 Å². The molecule has 0 amide bonds. The van der Waals surface area contributed by atoms with Gasteiger partial charge in [-0.05, 0) is 30.0 Å². The molecule has 25 heavy (non-hydrogen) atoms. The summed E-state index contributed by atoms with van der Waals surface area (Å²) in [7, 11) is -1.60. The van der Waals surface area contributed by atoms with Crippen molar-refractivity contribution in [1.82, 2.24) is 9.71 Å². The fourth-order valence-electron chi connectivity index (χ4n) is 3.54. The molecule has 1 fully saturated rings. The summed E-state index contributed by atoms with van der Waals surface area (Å²) in [5.41, 5.74) is 0.822. The van der Waals surface area contributed by atoms with Gasteiger partial charge in [-0.1, -0.05) is 26.0 Å². The number of pyridine rings is 1. The summed E-state index contributed by atoms with van der Waals surface area (Å²) in [6.07, 6.45) is 1.21. The van der Waals surface area contributed by atoms with Crippen LogP contribution in [0.3, 0.4) is 0 Å². The Bertz CT molecular complexity index is 867. The van der Waals surface area contributed by atoms with Crippen LogP contribution in [0.5, 0.6) is 5.75 Å². The van der Waals surface area contributed by atoms with E-state index in [4.69, 9.17) is 9.72 Å². The Kier molecular flexibility index (Phi) is 4.88. The minimum absolute atomic E-state index is 0.106. The number of benzene rings is 1. The molecule has 1 aliphatic heterocycles. The summed E-state index contributed by atoms with van der Waals surface area (Å²) in [5, 5.41) is 1.02. The zero-order chi connectivity index (χ0) is 18.2. The number of anilines is 1. The lowest BCUT2D eigenvalue weighted by Gasteiger charge is -2.21. The number of para-hydroxylation sites is 1. The number of ether oxygens (including phenoxy) is 1. The average molecular weight is 363 g/mol. The van der Waals surface area contributed by atoms with E-state index in [-0.39, 0.29) is 12.0 Å². The van der Waals surface area contributed by atoms with Crippen molar-refractivity contribution in [2.24, 2.45) is 11.8 Å². The Morgan fingerprint density at radius 1 is 1.24 bits per heavy atom. The quantitative estimate of drug-likeness (QED) is 0.882. The highest BCUT2D eigenvalue weighted by Gasteiger charge is 2.36. The Balaban J connectivity index is 1.92. The van der Waals surface area contributed by atoms with Gasteiger partial charge in [0.2, 0.25) is 10.0 Å². The van der Waals surface area contributed by atoms with Gasteiger partial charge in [-0.25, -0.2) is 18.1 Å². The molecule has 2 heterocycles. The van der Waals surface area contributed by atoms with Crippen molar-refractivity contribution in [3.8, 4) is 5.75 Å². The van der Waals surface area contributed by atoms with E-state index in [9.17, 15) is 8.42 Å². The molecule has 2 atom stereocenters. The van der Waals surface area contributed by atoms with Crippen LogP contribution in [0.25, 0.3) is 10.9 Å². The van der Waals surface area contributed by atoms with Crippen LogP contribution in [-0.2, 0) is 10.0 Å². The van der Waals surface area contributed by atoms with Gasteiger partial charge < -0.3 is 9.64 Å². The van der Waals surface area contributed by atoms with Crippen LogP contribution in [0.4, 0.5) is 5.82 Å². The third-order valence-electron chi connectivity index (χ3n) is 4.80. The highest BCUT2D eigenvalue weighted by Crippen LogP contribution is 2.31. The van der Waals surface area contributed by atoms with Gasteiger partial charge in [0, 0.05) is 24.5 Å². The van der Waals surface area contributed by atoms with E-state index in [2.05, 4.69) is 23.5 Å². The predicted molar refractivity (Wildman–Crippen MR) is 101 cm³/mol. The lowest BCUT2D eigenvalue weighted by molar-refractivity contribution is 0.365. The van der Waals surface area contributed by atoms with Gasteiger partial charge >= 0.3 is 0 Å². The predicted octanol–water partition coefficient (Wildman–Crippen LogP) is 2.25. The van der Waals surface area contributed by atoms with Gasteiger partial charge in [0.15, 0.2) is 0 Å². The number of fused-ring (bicyclic) bond motifs is 1. The summed E-state index contributed by atoms with van der Waals surface area (Å²) < 4.78 is 31.6. The average Bonchev–Trinajstić information content (AvgIpc) is 2.95. The second-order valence-corrected chi connectivity index (χ2v) is 8.79. The van der Waals surface area contributed by atoms with Crippen LogP contribution >= 0.6 is 0 Å². The van der Waals surface area contributed by atoms with E-state index in [1.807, 2.05) is 30.3 Å². The normalized spacial score (nSPS) is 21.2. The number of hydrogen-bond acceptors (Lipinski definition) is 5. The summed E-state index contributed by atoms with van der Waals surface area (Å²) in [5.74, 6) is 2.20. The Morgan fingerprint density at radius 3 is 2.64 bits per heavy atom. The Hall–Kier alpha value is -1.86. The highest BCUT2D eigenvalue weighted by atomic mass is 32.2. The van der Waals surface area contributed by atoms with Gasteiger partial charge in [0.1, 0.15) is 17.1 Å². The monoisotopic (exact) mass is 363 g/mol. The Labute approximate surface area is 149 Å². The van der Waals surface area contributed by atoms with Crippen LogP contribution < -0.4 is 14.4 Å². The molecule has 0 radical (unpaired) electrons. The van der Waals surface area contributed by atoms with Crippen molar-refractivity contribution >= 4 is 26.7 Å². The largest absolute Gasteiger partial charge is 0.494 e. The summed E-state index contributed by atoms with van der Waals surface area (Å²) in [4.78, 5) is 6.93. The summed E-state index contributed by atoms with van der Waals surface area (Å²) >= 11 is 0. The maximum Gasteiger partial charge on any atom is 0.209 e. The first-order chi connectivity index (χ1) is 11.8. The molecule has 0 bridgehead atoms. The molecule has 7 heteroatoms. The standard InChI is InChI=1S/C18H25N3O3S/c1-12(2)14-10-21(11-15(14)20-25(4,22)23)17-9-8-13-6-5-7-16(24-3)18(13)19-17/h5-9,12,14-15,20H,10-11H2,1-4H3. The Morgan fingerprint density at radius 2 is 2.00 bits per heavy atom. The molecule has 1 N–H and O–H groups in total. The van der Waals surface area contributed by atoms with E-state index in [0.717, 1.165) is 29.0 Å². The van der Waals surface area contributed by atoms with Gasteiger partial charge in [-0.2, -0.15) is 0 Å². The number of nitrogens with one attached hydrogen (secondary N) is 1. The third kappa shape index (κ3) is 3.88. The molecule has 1 saturated heterocycles. The second-order valence-electron chi connectivity index (χ2n) is 7.01. The molecule has 3 rings (SSSR count). The smallest absolute Gasteiger partial charge is 0.209 e. The van der Waals surface area contributed by atoms with E-state index < -0.39 is 10.0 Å². The van der Waals surface area contributed by atoms with Crippen molar-refractivity contribution in [3.05, 3.63) is 30.3 Å². The van der Waals surface area contributed by atoms with Crippen molar-refractivity contribution in [3.63, 3.8) is 0 Å². The van der Waals surface area contributed by atoms with Crippen LogP contribution in [0, 0.1) is 11.8 Å². The number of rotatable bonds is 5. The summed E-state index contributed by atoms with van der Waals surface area (Å²) in [6.45, 7) is 5.64.